The number of halogens is 1. The van der Waals surface area contributed by atoms with Gasteiger partial charge in [0.05, 0.1) is 11.8 Å². The van der Waals surface area contributed by atoms with Crippen molar-refractivity contribution >= 4 is 27.5 Å². The second-order valence-corrected chi connectivity index (χ2v) is 10.2. The first-order chi connectivity index (χ1) is 18.6. The normalized spacial score (nSPS) is 13.3. The van der Waals surface area contributed by atoms with Gasteiger partial charge in [0.15, 0.2) is 11.6 Å². The van der Waals surface area contributed by atoms with Gasteiger partial charge in [-0.25, -0.2) is 0 Å². The Morgan fingerprint density at radius 2 is 0.763 bits per heavy atom. The molecule has 5 aromatic carbocycles. The van der Waals surface area contributed by atoms with E-state index in [0.29, 0.717) is 11.1 Å². The van der Waals surface area contributed by atoms with E-state index in [0.717, 1.165) is 21.2 Å². The number of carbonyl (C=O) groups excluding carboxylic acids is 2. The van der Waals surface area contributed by atoms with Gasteiger partial charge < -0.3 is 0 Å². The highest BCUT2D eigenvalue weighted by Crippen LogP contribution is 2.46. The Balaban J connectivity index is 1.78. The van der Waals surface area contributed by atoms with Gasteiger partial charge in [-0.15, -0.1) is 0 Å². The molecule has 0 aliphatic carbocycles. The molecule has 0 amide bonds. The average Bonchev–Trinajstić information content (AvgIpc) is 2.99. The Morgan fingerprint density at radius 3 is 1.13 bits per heavy atom. The summed E-state index contributed by atoms with van der Waals surface area (Å²) in [6.45, 7) is 0. The van der Waals surface area contributed by atoms with Gasteiger partial charge in [0.25, 0.3) is 0 Å². The predicted octanol–water partition coefficient (Wildman–Crippen LogP) is 8.87. The fourth-order valence-corrected chi connectivity index (χ4v) is 5.45. The van der Waals surface area contributed by atoms with E-state index in [1.807, 2.05) is 146 Å². The van der Waals surface area contributed by atoms with Gasteiger partial charge in [-0.05, 0) is 28.8 Å². The van der Waals surface area contributed by atoms with Crippen molar-refractivity contribution < 1.29 is 9.59 Å². The van der Waals surface area contributed by atoms with Crippen LogP contribution in [0.2, 0.25) is 0 Å². The van der Waals surface area contributed by atoms with Gasteiger partial charge in [0.2, 0.25) is 0 Å². The molecule has 0 saturated heterocycles. The Morgan fingerprint density at radius 1 is 0.421 bits per heavy atom. The van der Waals surface area contributed by atoms with Gasteiger partial charge in [-0.1, -0.05) is 149 Å². The summed E-state index contributed by atoms with van der Waals surface area (Å²) < 4.78 is 0.941. The van der Waals surface area contributed by atoms with Crippen molar-refractivity contribution in [2.75, 3.05) is 0 Å². The van der Waals surface area contributed by atoms with E-state index < -0.39 is 17.8 Å². The van der Waals surface area contributed by atoms with Crippen LogP contribution in [0, 0.1) is 0 Å². The summed E-state index contributed by atoms with van der Waals surface area (Å²) >= 11 is 3.56. The highest BCUT2D eigenvalue weighted by molar-refractivity contribution is 9.10. The third-order valence-corrected chi connectivity index (χ3v) is 7.50. The van der Waals surface area contributed by atoms with Crippen LogP contribution in [0.25, 0.3) is 0 Å². The molecule has 0 N–H and O–H groups in total. The lowest BCUT2D eigenvalue weighted by Gasteiger charge is -2.34. The molecular weight excluding hydrogens is 532 g/mol. The maximum atomic E-state index is 14.4. The number of rotatable bonds is 9. The topological polar surface area (TPSA) is 34.1 Å². The Hall–Kier alpha value is -4.08. The third kappa shape index (κ3) is 5.58. The molecule has 5 rings (SSSR count). The summed E-state index contributed by atoms with van der Waals surface area (Å²) in [5.74, 6) is -1.64. The first kappa shape index (κ1) is 25.6. The molecule has 0 aromatic heterocycles. The number of benzene rings is 5. The van der Waals surface area contributed by atoms with Crippen molar-refractivity contribution in [2.45, 2.75) is 17.8 Å². The largest absolute Gasteiger partial charge is 0.293 e. The summed E-state index contributed by atoms with van der Waals surface area (Å²) in [6, 6.07) is 46.5. The number of hydrogen-bond acceptors (Lipinski definition) is 2. The molecular formula is C35H27BrO2. The fourth-order valence-electron chi connectivity index (χ4n) is 5.19. The summed E-state index contributed by atoms with van der Waals surface area (Å²) in [6.07, 6.45) is 0. The van der Waals surface area contributed by atoms with Gasteiger partial charge in [0, 0.05) is 21.5 Å². The lowest BCUT2D eigenvalue weighted by molar-refractivity contribution is 0.0899. The lowest BCUT2D eigenvalue weighted by atomic mass is 9.67. The summed E-state index contributed by atoms with van der Waals surface area (Å²) in [5.41, 5.74) is 3.96. The zero-order chi connectivity index (χ0) is 26.3. The molecule has 2 unspecified atom stereocenters. The van der Waals surface area contributed by atoms with Crippen molar-refractivity contribution in [3.8, 4) is 0 Å². The predicted molar refractivity (Wildman–Crippen MR) is 157 cm³/mol. The van der Waals surface area contributed by atoms with Crippen LogP contribution < -0.4 is 0 Å². The number of carbonyl (C=O) groups is 2. The van der Waals surface area contributed by atoms with Gasteiger partial charge >= 0.3 is 0 Å². The Labute approximate surface area is 232 Å². The van der Waals surface area contributed by atoms with E-state index in [2.05, 4.69) is 15.9 Å². The van der Waals surface area contributed by atoms with Crippen LogP contribution in [0.5, 0.6) is 0 Å². The molecule has 2 nitrogen and oxygen atoms in total. The molecule has 38 heavy (non-hydrogen) atoms. The van der Waals surface area contributed by atoms with E-state index >= 15 is 0 Å². The maximum Gasteiger partial charge on any atom is 0.170 e. The Kier molecular flexibility index (Phi) is 8.06. The van der Waals surface area contributed by atoms with Crippen molar-refractivity contribution in [2.24, 2.45) is 0 Å². The summed E-state index contributed by atoms with van der Waals surface area (Å²) in [7, 11) is 0. The summed E-state index contributed by atoms with van der Waals surface area (Å²) in [4.78, 5) is 28.8. The fraction of sp³-hybridized carbons (Fsp3) is 0.0857. The number of hydrogen-bond donors (Lipinski definition) is 0. The molecule has 3 heteroatoms. The van der Waals surface area contributed by atoms with E-state index in [-0.39, 0.29) is 11.6 Å². The third-order valence-electron chi connectivity index (χ3n) is 6.97. The highest BCUT2D eigenvalue weighted by atomic mass is 79.9. The number of Topliss-reactive ketones (excluding diaryl/α,β-unsaturated/α-hetero) is 2. The van der Waals surface area contributed by atoms with Crippen LogP contribution in [-0.2, 0) is 0 Å². The van der Waals surface area contributed by atoms with E-state index in [1.54, 1.807) is 0 Å². The molecule has 0 spiro atoms. The zero-order valence-electron chi connectivity index (χ0n) is 20.8. The van der Waals surface area contributed by atoms with Gasteiger partial charge in [-0.3, -0.25) is 9.59 Å². The van der Waals surface area contributed by atoms with Crippen LogP contribution in [-0.4, -0.2) is 11.6 Å². The summed E-state index contributed by atoms with van der Waals surface area (Å²) in [5, 5.41) is 0. The quantitative estimate of drug-likeness (QED) is 0.169. The van der Waals surface area contributed by atoms with Crippen molar-refractivity contribution in [1.29, 1.82) is 0 Å². The van der Waals surface area contributed by atoms with Crippen LogP contribution in [0.3, 0.4) is 0 Å². The molecule has 0 aliphatic rings. The SMILES string of the molecule is O=C(c1ccccc1)C(c1ccccc1)C(c1ccc(Br)cc1)C(C(=O)c1ccccc1)c1ccccc1. The van der Waals surface area contributed by atoms with Crippen molar-refractivity contribution in [3.63, 3.8) is 0 Å². The average molecular weight is 560 g/mol. The molecule has 0 aliphatic heterocycles. The van der Waals surface area contributed by atoms with Crippen molar-refractivity contribution in [1.82, 2.24) is 0 Å². The maximum absolute atomic E-state index is 14.4. The lowest BCUT2D eigenvalue weighted by Crippen LogP contribution is -2.30. The van der Waals surface area contributed by atoms with E-state index in [1.165, 1.54) is 0 Å². The van der Waals surface area contributed by atoms with Crippen molar-refractivity contribution in [3.05, 3.63) is 178 Å². The first-order valence-electron chi connectivity index (χ1n) is 12.7. The standard InChI is InChI=1S/C35H27BrO2/c36-30-23-21-27(22-24-30)31(32(25-13-5-1-6-14-25)34(37)28-17-9-3-10-18-28)33(26-15-7-2-8-16-26)35(38)29-19-11-4-12-20-29/h1-24,31-33H. The molecule has 0 saturated carbocycles. The van der Waals surface area contributed by atoms with Crippen LogP contribution in [0.15, 0.2) is 150 Å². The van der Waals surface area contributed by atoms with Gasteiger partial charge in [-0.2, -0.15) is 0 Å². The smallest absolute Gasteiger partial charge is 0.170 e. The molecule has 5 aromatic rings. The molecule has 186 valence electrons. The minimum atomic E-state index is -0.586. The van der Waals surface area contributed by atoms with E-state index in [4.69, 9.17) is 0 Å². The molecule has 0 fully saturated rings. The second kappa shape index (κ2) is 12.0. The van der Waals surface area contributed by atoms with Crippen LogP contribution >= 0.6 is 15.9 Å². The zero-order valence-corrected chi connectivity index (χ0v) is 22.4. The minimum absolute atomic E-state index is 0.00786. The minimum Gasteiger partial charge on any atom is -0.293 e. The molecule has 0 bridgehead atoms. The second-order valence-electron chi connectivity index (χ2n) is 9.31. The molecule has 0 radical (unpaired) electrons. The molecule has 2 atom stereocenters. The van der Waals surface area contributed by atoms with Crippen LogP contribution in [0.1, 0.15) is 55.2 Å². The van der Waals surface area contributed by atoms with E-state index in [9.17, 15) is 9.59 Å². The van der Waals surface area contributed by atoms with Crippen LogP contribution in [0.4, 0.5) is 0 Å². The highest BCUT2D eigenvalue weighted by Gasteiger charge is 2.41. The van der Waals surface area contributed by atoms with Gasteiger partial charge in [0.1, 0.15) is 0 Å². The first-order valence-corrected chi connectivity index (χ1v) is 13.5. The number of ketones is 2. The molecule has 0 heterocycles. The Bertz CT molecular complexity index is 1390. The monoisotopic (exact) mass is 558 g/mol.